The van der Waals surface area contributed by atoms with Crippen LogP contribution in [0.25, 0.3) is 0 Å². The van der Waals surface area contributed by atoms with Gasteiger partial charge in [-0.25, -0.2) is 4.68 Å². The second kappa shape index (κ2) is 6.55. The minimum atomic E-state index is -4.38. The van der Waals surface area contributed by atoms with Gasteiger partial charge >= 0.3 is 11.9 Å². The number of nitrogens with zero attached hydrogens (tertiary/aromatic N) is 3. The predicted molar refractivity (Wildman–Crippen MR) is 64.6 cm³/mol. The van der Waals surface area contributed by atoms with Crippen LogP contribution in [0.1, 0.15) is 12.6 Å². The molecule has 10 heteroatoms. The lowest BCUT2D eigenvalue weighted by Crippen LogP contribution is -2.20. The van der Waals surface area contributed by atoms with Gasteiger partial charge in [0.25, 0.3) is 0 Å². The van der Waals surface area contributed by atoms with Crippen LogP contribution in [-0.2, 0) is 18.2 Å². The fourth-order valence-corrected chi connectivity index (χ4v) is 1.63. The first-order chi connectivity index (χ1) is 9.26. The van der Waals surface area contributed by atoms with Gasteiger partial charge in [0.05, 0.1) is 11.5 Å². The first-order valence-corrected chi connectivity index (χ1v) is 5.85. The van der Waals surface area contributed by atoms with Crippen LogP contribution in [0, 0.1) is 10.1 Å². The first-order valence-electron chi connectivity index (χ1n) is 5.85. The first kappa shape index (κ1) is 16.2. The molecule has 0 saturated heterocycles. The Labute approximate surface area is 112 Å². The van der Waals surface area contributed by atoms with E-state index in [1.165, 1.54) is 11.7 Å². The van der Waals surface area contributed by atoms with E-state index in [0.29, 0.717) is 12.1 Å². The molecule has 1 heterocycles. The van der Waals surface area contributed by atoms with Gasteiger partial charge in [-0.1, -0.05) is 6.92 Å². The van der Waals surface area contributed by atoms with Gasteiger partial charge in [0, 0.05) is 13.6 Å². The highest BCUT2D eigenvalue weighted by molar-refractivity contribution is 5.59. The molecule has 0 amide bonds. The van der Waals surface area contributed by atoms with Gasteiger partial charge in [-0.2, -0.15) is 18.3 Å². The Kier molecular flexibility index (Phi) is 5.31. The van der Waals surface area contributed by atoms with Gasteiger partial charge in [0.15, 0.2) is 0 Å². The fourth-order valence-electron chi connectivity index (χ4n) is 1.63. The normalized spacial score (nSPS) is 11.7. The smallest absolute Gasteiger partial charge is 0.370 e. The molecule has 114 valence electrons. The molecular formula is C10H15F3N4O3. The summed E-state index contributed by atoms with van der Waals surface area (Å²) in [6, 6.07) is 0. The summed E-state index contributed by atoms with van der Waals surface area (Å²) < 4.78 is 41.2. The van der Waals surface area contributed by atoms with Crippen molar-refractivity contribution < 1.29 is 22.8 Å². The number of rotatable bonds is 7. The van der Waals surface area contributed by atoms with Crippen LogP contribution >= 0.6 is 0 Å². The number of hydrogen-bond donors (Lipinski definition) is 1. The number of aromatic nitrogens is 2. The van der Waals surface area contributed by atoms with E-state index in [1.807, 2.05) is 0 Å². The van der Waals surface area contributed by atoms with E-state index >= 15 is 0 Å². The lowest BCUT2D eigenvalue weighted by Gasteiger charge is -2.09. The van der Waals surface area contributed by atoms with Gasteiger partial charge in [0.1, 0.15) is 12.3 Å². The summed E-state index contributed by atoms with van der Waals surface area (Å²) in [6.45, 7) is 0.177. The summed E-state index contributed by atoms with van der Waals surface area (Å²) in [7, 11) is 1.52. The lowest BCUT2D eigenvalue weighted by molar-refractivity contribution is -0.384. The molecule has 0 fully saturated rings. The van der Waals surface area contributed by atoms with Crippen LogP contribution in [0.4, 0.5) is 24.7 Å². The Morgan fingerprint density at radius 2 is 2.15 bits per heavy atom. The average Bonchev–Trinajstić information content (AvgIpc) is 2.64. The van der Waals surface area contributed by atoms with Crippen molar-refractivity contribution in [3.8, 4) is 0 Å². The molecule has 0 bridgehead atoms. The van der Waals surface area contributed by atoms with E-state index in [4.69, 9.17) is 0 Å². The molecule has 0 aliphatic rings. The van der Waals surface area contributed by atoms with Crippen LogP contribution in [0.15, 0.2) is 0 Å². The maximum absolute atomic E-state index is 11.8. The molecule has 0 aliphatic heterocycles. The second-order valence-corrected chi connectivity index (χ2v) is 3.97. The number of anilines is 1. The van der Waals surface area contributed by atoms with Crippen LogP contribution in [-0.4, -0.2) is 40.6 Å². The van der Waals surface area contributed by atoms with Crippen LogP contribution in [0.3, 0.4) is 0 Å². The molecule has 1 rings (SSSR count). The standard InChI is InChI=1S/C10H15F3N4O3/c1-3-7-8(17(18)19)9(16(2)15-7)14-4-5-20-6-10(11,12)13/h14H,3-6H2,1-2H3. The maximum Gasteiger partial charge on any atom is 0.411 e. The minimum absolute atomic E-state index is 0.0135. The van der Waals surface area contributed by atoms with Gasteiger partial charge in [-0.3, -0.25) is 10.1 Å². The molecule has 1 N–H and O–H groups in total. The molecule has 1 aromatic heterocycles. The summed E-state index contributed by atoms with van der Waals surface area (Å²) in [5.41, 5.74) is 0.155. The molecule has 0 unspecified atom stereocenters. The molecule has 0 atom stereocenters. The van der Waals surface area contributed by atoms with Crippen molar-refractivity contribution in [3.63, 3.8) is 0 Å². The number of nitrogens with one attached hydrogen (secondary N) is 1. The minimum Gasteiger partial charge on any atom is -0.370 e. The molecule has 0 aromatic carbocycles. The predicted octanol–water partition coefficient (Wildman–Crippen LogP) is 1.88. The number of halogens is 3. The molecule has 0 radical (unpaired) electrons. The Morgan fingerprint density at radius 3 is 2.65 bits per heavy atom. The van der Waals surface area contributed by atoms with Gasteiger partial charge in [-0.15, -0.1) is 0 Å². The number of ether oxygens (including phenoxy) is 1. The topological polar surface area (TPSA) is 82.2 Å². The molecule has 20 heavy (non-hydrogen) atoms. The van der Waals surface area contributed by atoms with Crippen molar-refractivity contribution in [2.75, 3.05) is 25.1 Å². The molecule has 7 nitrogen and oxygen atoms in total. The Morgan fingerprint density at radius 1 is 1.50 bits per heavy atom. The van der Waals surface area contributed by atoms with E-state index in [1.54, 1.807) is 6.92 Å². The summed E-state index contributed by atoms with van der Waals surface area (Å²) >= 11 is 0. The third kappa shape index (κ3) is 4.37. The average molecular weight is 296 g/mol. The molecular weight excluding hydrogens is 281 g/mol. The SMILES string of the molecule is CCc1nn(C)c(NCCOCC(F)(F)F)c1[N+](=O)[O-]. The van der Waals surface area contributed by atoms with Crippen molar-refractivity contribution in [1.29, 1.82) is 0 Å². The highest BCUT2D eigenvalue weighted by Crippen LogP contribution is 2.28. The van der Waals surface area contributed by atoms with E-state index < -0.39 is 17.7 Å². The Balaban J connectivity index is 2.60. The summed E-state index contributed by atoms with van der Waals surface area (Å²) in [5.74, 6) is 0.155. The number of alkyl halides is 3. The third-order valence-electron chi connectivity index (χ3n) is 2.41. The van der Waals surface area contributed by atoms with Gasteiger partial charge in [0.2, 0.25) is 5.82 Å². The number of hydrogen-bond acceptors (Lipinski definition) is 5. The van der Waals surface area contributed by atoms with E-state index in [9.17, 15) is 23.3 Å². The Bertz CT molecular complexity index is 473. The fraction of sp³-hybridized carbons (Fsp3) is 0.700. The summed E-state index contributed by atoms with van der Waals surface area (Å²) in [5, 5.41) is 17.6. The zero-order chi connectivity index (χ0) is 15.3. The van der Waals surface area contributed by atoms with Crippen LogP contribution in [0.2, 0.25) is 0 Å². The zero-order valence-corrected chi connectivity index (χ0v) is 11.0. The third-order valence-corrected chi connectivity index (χ3v) is 2.41. The van der Waals surface area contributed by atoms with E-state index in [2.05, 4.69) is 15.2 Å². The van der Waals surface area contributed by atoms with Crippen LogP contribution in [0.5, 0.6) is 0 Å². The van der Waals surface area contributed by atoms with Crippen LogP contribution < -0.4 is 5.32 Å². The highest BCUT2D eigenvalue weighted by atomic mass is 19.4. The Hall–Kier alpha value is -1.84. The molecule has 0 aliphatic carbocycles. The second-order valence-electron chi connectivity index (χ2n) is 3.97. The highest BCUT2D eigenvalue weighted by Gasteiger charge is 2.28. The molecule has 0 saturated carbocycles. The van der Waals surface area contributed by atoms with Crippen molar-refractivity contribution in [1.82, 2.24) is 9.78 Å². The monoisotopic (exact) mass is 296 g/mol. The maximum atomic E-state index is 11.8. The summed E-state index contributed by atoms with van der Waals surface area (Å²) in [4.78, 5) is 10.4. The lowest BCUT2D eigenvalue weighted by atomic mass is 10.3. The zero-order valence-electron chi connectivity index (χ0n) is 11.0. The quantitative estimate of drug-likeness (QED) is 0.472. The summed E-state index contributed by atoms with van der Waals surface area (Å²) in [6.07, 6.45) is -4.00. The largest absolute Gasteiger partial charge is 0.411 e. The van der Waals surface area contributed by atoms with Crippen molar-refractivity contribution in [2.45, 2.75) is 19.5 Å². The molecule has 1 aromatic rings. The molecule has 0 spiro atoms. The van der Waals surface area contributed by atoms with Gasteiger partial charge in [-0.05, 0) is 6.42 Å². The van der Waals surface area contributed by atoms with Crippen molar-refractivity contribution in [3.05, 3.63) is 15.8 Å². The van der Waals surface area contributed by atoms with Crippen molar-refractivity contribution >= 4 is 11.5 Å². The van der Waals surface area contributed by atoms with E-state index in [-0.39, 0.29) is 24.7 Å². The number of nitro groups is 1. The van der Waals surface area contributed by atoms with E-state index in [0.717, 1.165) is 0 Å². The van der Waals surface area contributed by atoms with Gasteiger partial charge < -0.3 is 10.1 Å². The van der Waals surface area contributed by atoms with Crippen molar-refractivity contribution in [2.24, 2.45) is 7.05 Å². The number of aryl methyl sites for hydroxylation is 2.